The van der Waals surface area contributed by atoms with Crippen LogP contribution in [-0.4, -0.2) is 30.1 Å². The molecule has 1 unspecified atom stereocenters. The number of rotatable bonds is 7. The van der Waals surface area contributed by atoms with Gasteiger partial charge in [-0.2, -0.15) is 0 Å². The second-order valence-electron chi connectivity index (χ2n) is 5.06. The number of anilines is 1. The molecule has 1 aromatic carbocycles. The van der Waals surface area contributed by atoms with Gasteiger partial charge in [-0.3, -0.25) is 4.90 Å². The van der Waals surface area contributed by atoms with Gasteiger partial charge in [-0.25, -0.2) is 0 Å². The van der Waals surface area contributed by atoms with Gasteiger partial charge in [0.1, 0.15) is 0 Å². The van der Waals surface area contributed by atoms with E-state index in [4.69, 9.17) is 0 Å². The minimum absolute atomic E-state index is 0.627. The topological polar surface area (TPSA) is 15.3 Å². The van der Waals surface area contributed by atoms with Gasteiger partial charge in [0.05, 0.1) is 0 Å². The predicted molar refractivity (Wildman–Crippen MR) is 74.4 cm³/mol. The Morgan fingerprint density at radius 3 is 2.59 bits per heavy atom. The molecule has 1 aliphatic rings. The highest BCUT2D eigenvalue weighted by atomic mass is 15.2. The third kappa shape index (κ3) is 3.74. The maximum atomic E-state index is 3.52. The number of hydrogen-bond donors (Lipinski definition) is 1. The summed E-state index contributed by atoms with van der Waals surface area (Å²) in [6, 6.07) is 12.0. The van der Waals surface area contributed by atoms with E-state index in [0.29, 0.717) is 6.04 Å². The molecule has 1 fully saturated rings. The molecule has 1 saturated carbocycles. The first-order valence-electron chi connectivity index (χ1n) is 6.86. The van der Waals surface area contributed by atoms with Gasteiger partial charge in [0.15, 0.2) is 0 Å². The zero-order valence-corrected chi connectivity index (χ0v) is 11.0. The molecule has 2 rings (SSSR count). The fourth-order valence-corrected chi connectivity index (χ4v) is 2.37. The van der Waals surface area contributed by atoms with E-state index in [0.717, 1.165) is 12.6 Å². The summed E-state index contributed by atoms with van der Waals surface area (Å²) < 4.78 is 0. The van der Waals surface area contributed by atoms with Crippen LogP contribution in [0.4, 0.5) is 5.69 Å². The lowest BCUT2D eigenvalue weighted by molar-refractivity contribution is 0.206. The van der Waals surface area contributed by atoms with Crippen LogP contribution in [0.3, 0.4) is 0 Å². The fraction of sp³-hybridized carbons (Fsp3) is 0.600. The number of hydrogen-bond acceptors (Lipinski definition) is 2. The van der Waals surface area contributed by atoms with Gasteiger partial charge in [0.2, 0.25) is 0 Å². The highest BCUT2D eigenvalue weighted by molar-refractivity contribution is 5.42. The van der Waals surface area contributed by atoms with Crippen molar-refractivity contribution in [2.45, 2.75) is 45.2 Å². The van der Waals surface area contributed by atoms with Crippen LogP contribution < -0.4 is 5.32 Å². The molecule has 1 aliphatic carbocycles. The summed E-state index contributed by atoms with van der Waals surface area (Å²) in [6.07, 6.45) is 4.05. The first kappa shape index (κ1) is 12.4. The Labute approximate surface area is 105 Å². The van der Waals surface area contributed by atoms with Crippen molar-refractivity contribution in [1.82, 2.24) is 4.90 Å². The van der Waals surface area contributed by atoms with Crippen molar-refractivity contribution >= 4 is 5.69 Å². The van der Waals surface area contributed by atoms with E-state index in [1.165, 1.54) is 31.5 Å². The minimum Gasteiger partial charge on any atom is -0.383 e. The van der Waals surface area contributed by atoms with E-state index < -0.39 is 0 Å². The summed E-state index contributed by atoms with van der Waals surface area (Å²) >= 11 is 0. The van der Waals surface area contributed by atoms with Crippen molar-refractivity contribution in [3.05, 3.63) is 30.3 Å². The van der Waals surface area contributed by atoms with Crippen LogP contribution in [-0.2, 0) is 0 Å². The second kappa shape index (κ2) is 6.06. The van der Waals surface area contributed by atoms with Gasteiger partial charge in [0, 0.05) is 24.3 Å². The lowest BCUT2D eigenvalue weighted by Crippen LogP contribution is -2.40. The molecule has 0 radical (unpaired) electrons. The quantitative estimate of drug-likeness (QED) is 0.775. The van der Waals surface area contributed by atoms with E-state index in [2.05, 4.69) is 54.4 Å². The zero-order valence-electron chi connectivity index (χ0n) is 11.0. The number of para-hydroxylation sites is 1. The van der Waals surface area contributed by atoms with Gasteiger partial charge in [-0.1, -0.05) is 25.1 Å². The molecule has 0 heterocycles. The van der Waals surface area contributed by atoms with Crippen molar-refractivity contribution in [3.63, 3.8) is 0 Å². The molecule has 94 valence electrons. The Bertz CT molecular complexity index is 319. The average Bonchev–Trinajstić information content (AvgIpc) is 3.18. The SMILES string of the molecule is CCCN(C(C)CNc1ccccc1)C1CC1. The molecule has 1 aromatic rings. The van der Waals surface area contributed by atoms with Crippen LogP contribution in [0, 0.1) is 0 Å². The van der Waals surface area contributed by atoms with Crippen molar-refractivity contribution in [1.29, 1.82) is 0 Å². The van der Waals surface area contributed by atoms with E-state index in [9.17, 15) is 0 Å². The van der Waals surface area contributed by atoms with Crippen LogP contribution in [0.25, 0.3) is 0 Å². The third-order valence-electron chi connectivity index (χ3n) is 3.44. The van der Waals surface area contributed by atoms with Gasteiger partial charge in [0.25, 0.3) is 0 Å². The highest BCUT2D eigenvalue weighted by Gasteiger charge is 2.31. The van der Waals surface area contributed by atoms with Gasteiger partial charge in [-0.05, 0) is 44.9 Å². The third-order valence-corrected chi connectivity index (χ3v) is 3.44. The molecule has 0 aliphatic heterocycles. The molecular formula is C15H24N2. The van der Waals surface area contributed by atoms with E-state index in [1.54, 1.807) is 0 Å². The zero-order chi connectivity index (χ0) is 12.1. The Hall–Kier alpha value is -1.02. The average molecular weight is 232 g/mol. The van der Waals surface area contributed by atoms with E-state index in [-0.39, 0.29) is 0 Å². The van der Waals surface area contributed by atoms with Crippen LogP contribution in [0.2, 0.25) is 0 Å². The Kier molecular flexibility index (Phi) is 4.43. The van der Waals surface area contributed by atoms with Crippen LogP contribution in [0.1, 0.15) is 33.1 Å². The molecule has 0 bridgehead atoms. The standard InChI is InChI=1S/C15H24N2/c1-3-11-17(15-9-10-15)13(2)12-16-14-7-5-4-6-8-14/h4-8,13,15-16H,3,9-12H2,1-2H3. The predicted octanol–water partition coefficient (Wildman–Crippen LogP) is 3.36. The first-order valence-corrected chi connectivity index (χ1v) is 6.86. The summed E-state index contributed by atoms with van der Waals surface area (Å²) in [5, 5.41) is 3.52. The molecule has 0 amide bonds. The summed E-state index contributed by atoms with van der Waals surface area (Å²) in [7, 11) is 0. The molecule has 0 saturated heterocycles. The Morgan fingerprint density at radius 1 is 1.29 bits per heavy atom. The summed E-state index contributed by atoms with van der Waals surface area (Å²) in [5.74, 6) is 0. The van der Waals surface area contributed by atoms with E-state index >= 15 is 0 Å². The maximum Gasteiger partial charge on any atom is 0.0340 e. The fourth-order valence-electron chi connectivity index (χ4n) is 2.37. The normalized spacial score (nSPS) is 17.1. The second-order valence-corrected chi connectivity index (χ2v) is 5.06. The molecular weight excluding hydrogens is 208 g/mol. The van der Waals surface area contributed by atoms with Gasteiger partial charge < -0.3 is 5.32 Å². The largest absolute Gasteiger partial charge is 0.383 e. The van der Waals surface area contributed by atoms with Gasteiger partial charge >= 0.3 is 0 Å². The summed E-state index contributed by atoms with van der Waals surface area (Å²) in [4.78, 5) is 2.66. The van der Waals surface area contributed by atoms with Crippen molar-refractivity contribution in [2.75, 3.05) is 18.4 Å². The Morgan fingerprint density at radius 2 is 2.00 bits per heavy atom. The smallest absolute Gasteiger partial charge is 0.0340 e. The Balaban J connectivity index is 1.81. The number of benzene rings is 1. The van der Waals surface area contributed by atoms with E-state index in [1.807, 2.05) is 0 Å². The molecule has 0 spiro atoms. The van der Waals surface area contributed by atoms with Gasteiger partial charge in [-0.15, -0.1) is 0 Å². The lowest BCUT2D eigenvalue weighted by atomic mass is 10.2. The molecule has 17 heavy (non-hydrogen) atoms. The van der Waals surface area contributed by atoms with Crippen molar-refractivity contribution in [3.8, 4) is 0 Å². The molecule has 2 heteroatoms. The number of nitrogens with zero attached hydrogens (tertiary/aromatic N) is 1. The first-order chi connectivity index (χ1) is 8.31. The molecule has 1 N–H and O–H groups in total. The van der Waals surface area contributed by atoms with Crippen LogP contribution in [0.15, 0.2) is 30.3 Å². The van der Waals surface area contributed by atoms with Crippen LogP contribution >= 0.6 is 0 Å². The lowest BCUT2D eigenvalue weighted by Gasteiger charge is -2.29. The summed E-state index contributed by atoms with van der Waals surface area (Å²) in [6.45, 7) is 6.89. The monoisotopic (exact) mass is 232 g/mol. The number of nitrogens with one attached hydrogen (secondary N) is 1. The minimum atomic E-state index is 0.627. The van der Waals surface area contributed by atoms with Crippen molar-refractivity contribution in [2.24, 2.45) is 0 Å². The van der Waals surface area contributed by atoms with Crippen molar-refractivity contribution < 1.29 is 0 Å². The highest BCUT2D eigenvalue weighted by Crippen LogP contribution is 2.28. The maximum absolute atomic E-state index is 3.52. The molecule has 1 atom stereocenters. The van der Waals surface area contributed by atoms with Crippen LogP contribution in [0.5, 0.6) is 0 Å². The summed E-state index contributed by atoms with van der Waals surface area (Å²) in [5.41, 5.74) is 1.23. The molecule has 0 aromatic heterocycles. The molecule has 2 nitrogen and oxygen atoms in total.